The van der Waals surface area contributed by atoms with Crippen LogP contribution in [0.2, 0.25) is 0 Å². The Balaban J connectivity index is 1.89. The molecule has 0 aliphatic heterocycles. The molecule has 5 nitrogen and oxygen atoms in total. The van der Waals surface area contributed by atoms with Gasteiger partial charge in [0.1, 0.15) is 5.75 Å². The molecule has 2 rings (SSSR count). The third-order valence-electron chi connectivity index (χ3n) is 3.43. The van der Waals surface area contributed by atoms with Gasteiger partial charge in [-0.1, -0.05) is 34.1 Å². The molecule has 0 spiro atoms. The summed E-state index contributed by atoms with van der Waals surface area (Å²) < 4.78 is 11.2. The smallest absolute Gasteiger partial charge is 0.338 e. The number of likely N-dealkylation sites (N-methyl/N-ethyl adjacent to an activating group) is 1. The van der Waals surface area contributed by atoms with Crippen LogP contribution in [0.25, 0.3) is 0 Å². The minimum atomic E-state index is -0.526. The third kappa shape index (κ3) is 4.83. The molecule has 0 saturated carbocycles. The van der Waals surface area contributed by atoms with E-state index in [2.05, 4.69) is 15.9 Å². The number of carbonyl (C=O) groups excluding carboxylic acids is 2. The summed E-state index contributed by atoms with van der Waals surface area (Å²) in [6.07, 6.45) is 0. The summed E-state index contributed by atoms with van der Waals surface area (Å²) in [7, 11) is 3.24. The number of halogens is 1. The zero-order chi connectivity index (χ0) is 17.5. The van der Waals surface area contributed by atoms with Gasteiger partial charge in [-0.3, -0.25) is 4.79 Å². The Morgan fingerprint density at radius 3 is 2.42 bits per heavy atom. The van der Waals surface area contributed by atoms with Crippen LogP contribution in [-0.2, 0) is 16.1 Å². The zero-order valence-corrected chi connectivity index (χ0v) is 15.1. The van der Waals surface area contributed by atoms with Crippen molar-refractivity contribution in [2.45, 2.75) is 6.54 Å². The van der Waals surface area contributed by atoms with E-state index in [0.717, 1.165) is 10.0 Å². The third-order valence-corrected chi connectivity index (χ3v) is 3.96. The molecule has 0 saturated heterocycles. The maximum absolute atomic E-state index is 12.1. The number of ether oxygens (including phenoxy) is 2. The highest BCUT2D eigenvalue weighted by Gasteiger charge is 2.15. The van der Waals surface area contributed by atoms with Gasteiger partial charge in [-0.05, 0) is 30.3 Å². The first-order valence-electron chi connectivity index (χ1n) is 7.30. The van der Waals surface area contributed by atoms with Gasteiger partial charge in [-0.15, -0.1) is 0 Å². The quantitative estimate of drug-likeness (QED) is 0.709. The van der Waals surface area contributed by atoms with Gasteiger partial charge in [-0.2, -0.15) is 0 Å². The lowest BCUT2D eigenvalue weighted by Crippen LogP contribution is -2.31. The summed E-state index contributed by atoms with van der Waals surface area (Å²) in [5.74, 6) is -0.100. The van der Waals surface area contributed by atoms with E-state index in [1.165, 1.54) is 4.90 Å². The van der Waals surface area contributed by atoms with Crippen molar-refractivity contribution in [3.8, 4) is 5.75 Å². The topological polar surface area (TPSA) is 55.8 Å². The van der Waals surface area contributed by atoms with E-state index in [9.17, 15) is 9.59 Å². The first kappa shape index (κ1) is 18.0. The van der Waals surface area contributed by atoms with E-state index in [4.69, 9.17) is 9.47 Å². The monoisotopic (exact) mass is 391 g/mol. The highest BCUT2D eigenvalue weighted by molar-refractivity contribution is 9.10. The van der Waals surface area contributed by atoms with Crippen LogP contribution in [0.3, 0.4) is 0 Å². The fraction of sp³-hybridized carbons (Fsp3) is 0.222. The summed E-state index contributed by atoms with van der Waals surface area (Å²) in [5, 5.41) is 0. The van der Waals surface area contributed by atoms with Crippen molar-refractivity contribution in [3.05, 3.63) is 64.1 Å². The summed E-state index contributed by atoms with van der Waals surface area (Å²) in [5.41, 5.74) is 1.29. The van der Waals surface area contributed by atoms with Crippen LogP contribution < -0.4 is 4.74 Å². The van der Waals surface area contributed by atoms with Gasteiger partial charge in [0.15, 0.2) is 6.61 Å². The summed E-state index contributed by atoms with van der Waals surface area (Å²) in [6.45, 7) is 0.0687. The highest BCUT2D eigenvalue weighted by Crippen LogP contribution is 2.18. The Labute approximate surface area is 149 Å². The molecule has 0 aromatic heterocycles. The molecule has 126 valence electrons. The average molecular weight is 392 g/mol. The Morgan fingerprint density at radius 2 is 1.75 bits per heavy atom. The minimum absolute atomic E-state index is 0.286. The van der Waals surface area contributed by atoms with Crippen LogP contribution in [0.1, 0.15) is 15.9 Å². The fourth-order valence-corrected chi connectivity index (χ4v) is 2.35. The molecule has 0 radical (unpaired) electrons. The molecular formula is C18H18BrNO4. The number of nitrogens with zero attached hydrogens (tertiary/aromatic N) is 1. The van der Waals surface area contributed by atoms with Crippen molar-refractivity contribution in [2.75, 3.05) is 20.8 Å². The van der Waals surface area contributed by atoms with Crippen LogP contribution in [0.5, 0.6) is 5.75 Å². The molecular weight excluding hydrogens is 374 g/mol. The van der Waals surface area contributed by atoms with Gasteiger partial charge in [0, 0.05) is 23.6 Å². The number of esters is 1. The number of benzene rings is 2. The summed E-state index contributed by atoms with van der Waals surface area (Å²) >= 11 is 3.30. The molecule has 0 bridgehead atoms. The Morgan fingerprint density at radius 1 is 1.08 bits per heavy atom. The van der Waals surface area contributed by atoms with Gasteiger partial charge >= 0.3 is 5.97 Å². The Hall–Kier alpha value is -2.34. The van der Waals surface area contributed by atoms with Crippen LogP contribution in [0.15, 0.2) is 53.0 Å². The lowest BCUT2D eigenvalue weighted by molar-refractivity contribution is -0.133. The average Bonchev–Trinajstić information content (AvgIpc) is 2.60. The number of hydrogen-bond donors (Lipinski definition) is 0. The Kier molecular flexibility index (Phi) is 6.37. The first-order chi connectivity index (χ1) is 11.5. The van der Waals surface area contributed by atoms with Gasteiger partial charge in [0.05, 0.1) is 12.7 Å². The lowest BCUT2D eigenvalue weighted by Gasteiger charge is -2.18. The number of amides is 1. The fourth-order valence-electron chi connectivity index (χ4n) is 2.08. The molecule has 0 N–H and O–H groups in total. The summed E-state index contributed by atoms with van der Waals surface area (Å²) in [4.78, 5) is 25.5. The van der Waals surface area contributed by atoms with Crippen molar-refractivity contribution >= 4 is 27.8 Å². The van der Waals surface area contributed by atoms with E-state index in [0.29, 0.717) is 17.9 Å². The molecule has 0 heterocycles. The number of para-hydroxylation sites is 1. The second-order valence-electron chi connectivity index (χ2n) is 5.14. The molecule has 2 aromatic rings. The standard InChI is InChI=1S/C18H18BrNO4/c1-20(11-14-5-3-4-6-16(14)23-2)17(21)12-24-18(22)13-7-9-15(19)10-8-13/h3-10H,11-12H2,1-2H3. The molecule has 0 aliphatic rings. The summed E-state index contributed by atoms with van der Waals surface area (Å²) in [6, 6.07) is 14.2. The predicted octanol–water partition coefficient (Wildman–Crippen LogP) is 3.27. The first-order valence-corrected chi connectivity index (χ1v) is 8.09. The van der Waals surface area contributed by atoms with E-state index in [-0.39, 0.29) is 12.5 Å². The van der Waals surface area contributed by atoms with Crippen molar-refractivity contribution < 1.29 is 19.1 Å². The molecule has 0 atom stereocenters. The molecule has 6 heteroatoms. The van der Waals surface area contributed by atoms with Gasteiger partial charge in [0.2, 0.25) is 0 Å². The maximum Gasteiger partial charge on any atom is 0.338 e. The lowest BCUT2D eigenvalue weighted by atomic mass is 10.2. The van der Waals surface area contributed by atoms with Crippen LogP contribution in [0.4, 0.5) is 0 Å². The number of rotatable bonds is 6. The SMILES string of the molecule is COc1ccccc1CN(C)C(=O)COC(=O)c1ccc(Br)cc1. The largest absolute Gasteiger partial charge is 0.496 e. The maximum atomic E-state index is 12.1. The van der Waals surface area contributed by atoms with Crippen LogP contribution in [0, 0.1) is 0 Å². The van der Waals surface area contributed by atoms with Crippen LogP contribution >= 0.6 is 15.9 Å². The van der Waals surface area contributed by atoms with E-state index < -0.39 is 5.97 Å². The molecule has 2 aromatic carbocycles. The molecule has 0 fully saturated rings. The zero-order valence-electron chi connectivity index (χ0n) is 13.5. The number of hydrogen-bond acceptors (Lipinski definition) is 4. The Bertz CT molecular complexity index is 715. The molecule has 0 unspecified atom stereocenters. The van der Waals surface area contributed by atoms with Crippen molar-refractivity contribution in [3.63, 3.8) is 0 Å². The van der Waals surface area contributed by atoms with Gasteiger partial charge in [-0.25, -0.2) is 4.79 Å². The number of carbonyl (C=O) groups is 2. The van der Waals surface area contributed by atoms with Crippen molar-refractivity contribution in [1.29, 1.82) is 0 Å². The number of methoxy groups -OCH3 is 1. The van der Waals surface area contributed by atoms with E-state index in [1.807, 2.05) is 24.3 Å². The van der Waals surface area contributed by atoms with E-state index in [1.54, 1.807) is 38.4 Å². The molecule has 1 amide bonds. The second-order valence-corrected chi connectivity index (χ2v) is 6.06. The van der Waals surface area contributed by atoms with Crippen molar-refractivity contribution in [2.24, 2.45) is 0 Å². The predicted molar refractivity (Wildman–Crippen MR) is 93.9 cm³/mol. The highest BCUT2D eigenvalue weighted by atomic mass is 79.9. The normalized spacial score (nSPS) is 10.1. The second kappa shape index (κ2) is 8.49. The minimum Gasteiger partial charge on any atom is -0.496 e. The van der Waals surface area contributed by atoms with Crippen LogP contribution in [-0.4, -0.2) is 37.5 Å². The van der Waals surface area contributed by atoms with Gasteiger partial charge < -0.3 is 14.4 Å². The van der Waals surface area contributed by atoms with Crippen molar-refractivity contribution in [1.82, 2.24) is 4.90 Å². The molecule has 0 aliphatic carbocycles. The molecule has 24 heavy (non-hydrogen) atoms. The van der Waals surface area contributed by atoms with E-state index >= 15 is 0 Å². The van der Waals surface area contributed by atoms with Gasteiger partial charge in [0.25, 0.3) is 5.91 Å².